The van der Waals surface area contributed by atoms with E-state index in [9.17, 15) is 0 Å². The molecule has 256 valence electrons. The predicted molar refractivity (Wildman–Crippen MR) is 228 cm³/mol. The monoisotopic (exact) mass is 682 g/mol. The first-order chi connectivity index (χ1) is 25.8. The molecule has 0 unspecified atom stereocenters. The second kappa shape index (κ2) is 11.7. The molecule has 8 aromatic carbocycles. The Morgan fingerprint density at radius 1 is 0.434 bits per heavy atom. The van der Waals surface area contributed by atoms with E-state index in [0.717, 1.165) is 0 Å². The summed E-state index contributed by atoms with van der Waals surface area (Å²) in [6, 6.07) is 58.8. The normalized spacial score (nSPS) is 12.4. The van der Waals surface area contributed by atoms with Gasteiger partial charge in [-0.05, 0) is 110 Å². The van der Waals surface area contributed by atoms with E-state index >= 15 is 0 Å². The summed E-state index contributed by atoms with van der Waals surface area (Å²) >= 11 is 0. The standard InChI is InChI=1S/C51H42N2/c1-32(2)41-30-44-43-28-33(24-26-46(43)53(36-18-10-7-11-19-36)50(44)40-23-15-13-21-38(40)41)42-31-48-49(39-22-14-12-20-37(39)42)45-29-34(51(3,4)5)25-27-47(45)52(48)35-16-8-6-9-17-35/h6-32H,1-5H3. The van der Waals surface area contributed by atoms with Crippen LogP contribution in [-0.4, -0.2) is 9.13 Å². The quantitative estimate of drug-likeness (QED) is 0.175. The Kier molecular flexibility index (Phi) is 6.98. The van der Waals surface area contributed by atoms with Crippen LogP contribution in [0, 0.1) is 0 Å². The average molecular weight is 683 g/mol. The minimum Gasteiger partial charge on any atom is -0.309 e. The maximum atomic E-state index is 2.47. The molecule has 2 nitrogen and oxygen atoms in total. The molecule has 2 aromatic heterocycles. The van der Waals surface area contributed by atoms with Crippen LogP contribution in [0.3, 0.4) is 0 Å². The zero-order chi connectivity index (χ0) is 36.0. The van der Waals surface area contributed by atoms with E-state index in [-0.39, 0.29) is 5.41 Å². The minimum atomic E-state index is 0.0419. The lowest BCUT2D eigenvalue weighted by Gasteiger charge is -2.19. The molecule has 0 aliphatic rings. The lowest BCUT2D eigenvalue weighted by Crippen LogP contribution is -2.10. The Morgan fingerprint density at radius 2 is 1.02 bits per heavy atom. The molecule has 0 fully saturated rings. The molecular weight excluding hydrogens is 641 g/mol. The van der Waals surface area contributed by atoms with E-state index in [4.69, 9.17) is 0 Å². The molecule has 0 aliphatic carbocycles. The van der Waals surface area contributed by atoms with Crippen LogP contribution in [0.2, 0.25) is 0 Å². The van der Waals surface area contributed by atoms with Gasteiger partial charge >= 0.3 is 0 Å². The fraction of sp³-hybridized carbons (Fsp3) is 0.137. The van der Waals surface area contributed by atoms with Crippen molar-refractivity contribution in [1.29, 1.82) is 0 Å². The van der Waals surface area contributed by atoms with Gasteiger partial charge in [-0.2, -0.15) is 0 Å². The third-order valence-electron chi connectivity index (χ3n) is 11.4. The number of hydrogen-bond acceptors (Lipinski definition) is 0. The van der Waals surface area contributed by atoms with Crippen molar-refractivity contribution in [1.82, 2.24) is 9.13 Å². The molecule has 0 saturated carbocycles. The smallest absolute Gasteiger partial charge is 0.0619 e. The number of para-hydroxylation sites is 2. The van der Waals surface area contributed by atoms with Crippen LogP contribution in [0.5, 0.6) is 0 Å². The molecule has 0 atom stereocenters. The summed E-state index contributed by atoms with van der Waals surface area (Å²) < 4.78 is 4.94. The Bertz CT molecular complexity index is 3040. The van der Waals surface area contributed by atoms with Gasteiger partial charge in [-0.1, -0.05) is 132 Å². The number of nitrogens with zero attached hydrogens (tertiary/aromatic N) is 2. The highest BCUT2D eigenvalue weighted by atomic mass is 15.0. The molecule has 10 aromatic rings. The number of aromatic nitrogens is 2. The first-order valence-electron chi connectivity index (χ1n) is 18.9. The lowest BCUT2D eigenvalue weighted by molar-refractivity contribution is 0.591. The van der Waals surface area contributed by atoms with Crippen LogP contribution in [0.4, 0.5) is 0 Å². The number of rotatable bonds is 4. The van der Waals surface area contributed by atoms with E-state index in [1.807, 2.05) is 0 Å². The van der Waals surface area contributed by atoms with Crippen LogP contribution in [0.25, 0.3) is 87.7 Å². The summed E-state index contributed by atoms with van der Waals surface area (Å²) in [4.78, 5) is 0. The molecule has 53 heavy (non-hydrogen) atoms. The van der Waals surface area contributed by atoms with Crippen molar-refractivity contribution in [3.05, 3.63) is 169 Å². The molecule has 2 heterocycles. The summed E-state index contributed by atoms with van der Waals surface area (Å²) in [5.41, 5.74) is 12.5. The van der Waals surface area contributed by atoms with Gasteiger partial charge in [-0.15, -0.1) is 0 Å². The molecule has 0 amide bonds. The van der Waals surface area contributed by atoms with Crippen LogP contribution in [0.1, 0.15) is 51.7 Å². The van der Waals surface area contributed by atoms with Gasteiger partial charge < -0.3 is 9.13 Å². The first kappa shape index (κ1) is 31.6. The summed E-state index contributed by atoms with van der Waals surface area (Å²) in [5.74, 6) is 0.396. The summed E-state index contributed by atoms with van der Waals surface area (Å²) in [7, 11) is 0. The minimum absolute atomic E-state index is 0.0419. The Balaban J connectivity index is 1.33. The Hall–Kier alpha value is -6.12. The topological polar surface area (TPSA) is 9.86 Å². The van der Waals surface area contributed by atoms with E-state index < -0.39 is 0 Å². The van der Waals surface area contributed by atoms with Crippen molar-refractivity contribution in [3.63, 3.8) is 0 Å². The van der Waals surface area contributed by atoms with Gasteiger partial charge in [0, 0.05) is 38.3 Å². The summed E-state index contributed by atoms with van der Waals surface area (Å²) in [6.07, 6.45) is 0. The maximum Gasteiger partial charge on any atom is 0.0619 e. The second-order valence-corrected chi connectivity index (χ2v) is 16.0. The zero-order valence-corrected chi connectivity index (χ0v) is 31.0. The van der Waals surface area contributed by atoms with Crippen molar-refractivity contribution in [3.8, 4) is 22.5 Å². The highest BCUT2D eigenvalue weighted by molar-refractivity contribution is 6.25. The van der Waals surface area contributed by atoms with Crippen LogP contribution in [-0.2, 0) is 5.41 Å². The van der Waals surface area contributed by atoms with E-state index in [0.29, 0.717) is 5.92 Å². The van der Waals surface area contributed by atoms with Crippen LogP contribution < -0.4 is 0 Å². The fourth-order valence-corrected chi connectivity index (χ4v) is 8.83. The Morgan fingerprint density at radius 3 is 1.70 bits per heavy atom. The van der Waals surface area contributed by atoms with E-state index in [1.165, 1.54) is 98.8 Å². The SMILES string of the molecule is CC(C)c1cc2c3cc(-c4cc5c(c6ccccc46)c4cc(C(C)(C)C)ccc4n5-c4ccccc4)ccc3n(-c3ccccc3)c2c2ccccc12. The van der Waals surface area contributed by atoms with Crippen molar-refractivity contribution >= 4 is 65.2 Å². The van der Waals surface area contributed by atoms with Crippen molar-refractivity contribution < 1.29 is 0 Å². The lowest BCUT2D eigenvalue weighted by atomic mass is 9.86. The molecule has 0 bridgehead atoms. The predicted octanol–water partition coefficient (Wildman–Crippen LogP) is 14.3. The molecule has 0 aliphatic heterocycles. The third-order valence-corrected chi connectivity index (χ3v) is 11.4. The van der Waals surface area contributed by atoms with Crippen molar-refractivity contribution in [2.24, 2.45) is 0 Å². The van der Waals surface area contributed by atoms with Gasteiger partial charge in [-0.3, -0.25) is 0 Å². The fourth-order valence-electron chi connectivity index (χ4n) is 8.83. The number of hydrogen-bond donors (Lipinski definition) is 0. The van der Waals surface area contributed by atoms with Crippen molar-refractivity contribution in [2.45, 2.75) is 46.0 Å². The molecule has 0 N–H and O–H groups in total. The van der Waals surface area contributed by atoms with E-state index in [1.54, 1.807) is 0 Å². The molecule has 10 rings (SSSR count). The van der Waals surface area contributed by atoms with Gasteiger partial charge in [0.2, 0.25) is 0 Å². The Labute approximate surface area is 310 Å². The number of benzene rings is 8. The average Bonchev–Trinajstić information content (AvgIpc) is 3.70. The van der Waals surface area contributed by atoms with Crippen molar-refractivity contribution in [2.75, 3.05) is 0 Å². The second-order valence-electron chi connectivity index (χ2n) is 16.0. The molecule has 0 radical (unpaired) electrons. The van der Waals surface area contributed by atoms with Gasteiger partial charge in [0.1, 0.15) is 0 Å². The summed E-state index contributed by atoms with van der Waals surface area (Å²) in [5, 5.41) is 10.4. The molecule has 2 heteroatoms. The number of fused-ring (bicyclic) bond motifs is 10. The summed E-state index contributed by atoms with van der Waals surface area (Å²) in [6.45, 7) is 11.5. The third kappa shape index (κ3) is 4.78. The van der Waals surface area contributed by atoms with Gasteiger partial charge in [0.15, 0.2) is 0 Å². The van der Waals surface area contributed by atoms with Crippen LogP contribution >= 0.6 is 0 Å². The largest absolute Gasteiger partial charge is 0.309 e. The maximum absolute atomic E-state index is 2.47. The van der Waals surface area contributed by atoms with Gasteiger partial charge in [-0.25, -0.2) is 0 Å². The highest BCUT2D eigenvalue weighted by Gasteiger charge is 2.23. The molecular formula is C51H42N2. The van der Waals surface area contributed by atoms with Gasteiger partial charge in [0.05, 0.1) is 22.1 Å². The van der Waals surface area contributed by atoms with E-state index in [2.05, 4.69) is 201 Å². The molecule has 0 spiro atoms. The van der Waals surface area contributed by atoms with Gasteiger partial charge in [0.25, 0.3) is 0 Å². The van der Waals surface area contributed by atoms with Crippen LogP contribution in [0.15, 0.2) is 158 Å². The molecule has 0 saturated heterocycles. The zero-order valence-electron chi connectivity index (χ0n) is 31.0. The highest BCUT2D eigenvalue weighted by Crippen LogP contribution is 2.45. The first-order valence-corrected chi connectivity index (χ1v) is 18.9.